The molecule has 5 heteroatoms. The number of carbonyl (C=O) groups excluding carboxylic acids is 2. The number of rotatable bonds is 2. The normalized spacial score (nSPS) is 18.0. The maximum absolute atomic E-state index is 13.0. The van der Waals surface area contributed by atoms with E-state index in [0.717, 1.165) is 17.8 Å². The highest BCUT2D eigenvalue weighted by atomic mass is 16.2. The standard InChI is InChI=1S/C21H23N3O2/c1-21(2)20(26)24(18-10-6-5-9-17(18)22-21)14-19(25)23-12-11-15-7-3-4-8-16(15)13-23/h3-10,22H,11-14H2,1-2H3. The van der Waals surface area contributed by atoms with Crippen molar-refractivity contribution in [1.29, 1.82) is 0 Å². The van der Waals surface area contributed by atoms with E-state index < -0.39 is 5.54 Å². The van der Waals surface area contributed by atoms with E-state index in [1.807, 2.05) is 55.1 Å². The van der Waals surface area contributed by atoms with E-state index in [1.165, 1.54) is 11.1 Å². The van der Waals surface area contributed by atoms with E-state index >= 15 is 0 Å². The van der Waals surface area contributed by atoms with Crippen LogP contribution in [0.4, 0.5) is 11.4 Å². The van der Waals surface area contributed by atoms with Gasteiger partial charge in [0.2, 0.25) is 5.91 Å². The Hall–Kier alpha value is -2.82. The molecular formula is C21H23N3O2. The van der Waals surface area contributed by atoms with Crippen LogP contribution in [0.1, 0.15) is 25.0 Å². The third-order valence-corrected chi connectivity index (χ3v) is 5.20. The number of hydrogen-bond donors (Lipinski definition) is 1. The Labute approximate surface area is 153 Å². The van der Waals surface area contributed by atoms with Crippen molar-refractivity contribution in [3.63, 3.8) is 0 Å². The van der Waals surface area contributed by atoms with Gasteiger partial charge < -0.3 is 10.2 Å². The molecule has 1 N–H and O–H groups in total. The molecule has 0 fully saturated rings. The van der Waals surface area contributed by atoms with Crippen LogP contribution >= 0.6 is 0 Å². The van der Waals surface area contributed by atoms with Crippen LogP contribution in [0, 0.1) is 0 Å². The lowest BCUT2D eigenvalue weighted by Crippen LogP contribution is -2.56. The van der Waals surface area contributed by atoms with Crippen LogP contribution < -0.4 is 10.2 Å². The summed E-state index contributed by atoms with van der Waals surface area (Å²) in [4.78, 5) is 29.3. The van der Waals surface area contributed by atoms with Gasteiger partial charge in [-0.2, -0.15) is 0 Å². The van der Waals surface area contributed by atoms with Crippen LogP contribution in [0.15, 0.2) is 48.5 Å². The van der Waals surface area contributed by atoms with Crippen molar-refractivity contribution in [3.8, 4) is 0 Å². The van der Waals surface area contributed by atoms with Gasteiger partial charge in [0.05, 0.1) is 11.4 Å². The van der Waals surface area contributed by atoms with Gasteiger partial charge in [-0.15, -0.1) is 0 Å². The molecule has 0 bridgehead atoms. The molecule has 4 rings (SSSR count). The minimum atomic E-state index is -0.733. The number of anilines is 2. The first-order valence-corrected chi connectivity index (χ1v) is 8.99. The number of nitrogens with zero attached hydrogens (tertiary/aromatic N) is 2. The Balaban J connectivity index is 1.57. The lowest BCUT2D eigenvalue weighted by Gasteiger charge is -2.40. The van der Waals surface area contributed by atoms with Crippen LogP contribution in [-0.2, 0) is 22.6 Å². The van der Waals surface area contributed by atoms with Gasteiger partial charge in [-0.3, -0.25) is 14.5 Å². The SMILES string of the molecule is CC1(C)Nc2ccccc2N(CC(=O)N2CCc3ccccc3C2)C1=O. The molecule has 2 aliphatic heterocycles. The fourth-order valence-electron chi connectivity index (χ4n) is 3.75. The Morgan fingerprint density at radius 3 is 2.58 bits per heavy atom. The van der Waals surface area contributed by atoms with Crippen LogP contribution in [0.25, 0.3) is 0 Å². The average molecular weight is 349 g/mol. The molecule has 26 heavy (non-hydrogen) atoms. The second-order valence-electron chi connectivity index (χ2n) is 7.49. The zero-order chi connectivity index (χ0) is 18.3. The molecule has 2 aliphatic rings. The monoisotopic (exact) mass is 349 g/mol. The highest BCUT2D eigenvalue weighted by Gasteiger charge is 2.39. The van der Waals surface area contributed by atoms with Crippen molar-refractivity contribution in [3.05, 3.63) is 59.7 Å². The van der Waals surface area contributed by atoms with Crippen molar-refractivity contribution in [2.24, 2.45) is 0 Å². The number of benzene rings is 2. The number of fused-ring (bicyclic) bond motifs is 2. The van der Waals surface area contributed by atoms with Crippen molar-refractivity contribution < 1.29 is 9.59 Å². The first kappa shape index (κ1) is 16.6. The molecule has 2 aromatic rings. The summed E-state index contributed by atoms with van der Waals surface area (Å²) in [5.41, 5.74) is 3.42. The van der Waals surface area contributed by atoms with Crippen molar-refractivity contribution in [2.45, 2.75) is 32.4 Å². The lowest BCUT2D eigenvalue weighted by molar-refractivity contribution is -0.132. The van der Waals surface area contributed by atoms with Crippen LogP contribution in [0.2, 0.25) is 0 Å². The highest BCUT2D eigenvalue weighted by molar-refractivity contribution is 6.09. The fraction of sp³-hybridized carbons (Fsp3) is 0.333. The second-order valence-corrected chi connectivity index (χ2v) is 7.49. The summed E-state index contributed by atoms with van der Waals surface area (Å²) < 4.78 is 0. The summed E-state index contributed by atoms with van der Waals surface area (Å²) in [6.07, 6.45) is 0.861. The maximum Gasteiger partial charge on any atom is 0.252 e. The number of hydrogen-bond acceptors (Lipinski definition) is 3. The summed E-state index contributed by atoms with van der Waals surface area (Å²) in [5.74, 6) is -0.0951. The van der Waals surface area contributed by atoms with Crippen LogP contribution in [0.3, 0.4) is 0 Å². The molecular weight excluding hydrogens is 326 g/mol. The molecule has 0 radical (unpaired) electrons. The average Bonchev–Trinajstić information content (AvgIpc) is 2.64. The highest BCUT2D eigenvalue weighted by Crippen LogP contribution is 2.35. The first-order chi connectivity index (χ1) is 12.5. The predicted octanol–water partition coefficient (Wildman–Crippen LogP) is 2.81. The number of amides is 2. The molecule has 0 saturated heterocycles. The predicted molar refractivity (Wildman–Crippen MR) is 102 cm³/mol. The number of nitrogens with one attached hydrogen (secondary N) is 1. The van der Waals surface area contributed by atoms with E-state index in [1.54, 1.807) is 4.90 Å². The third-order valence-electron chi connectivity index (χ3n) is 5.20. The molecule has 134 valence electrons. The molecule has 2 heterocycles. The van der Waals surface area contributed by atoms with Gasteiger partial charge in [-0.1, -0.05) is 36.4 Å². The van der Waals surface area contributed by atoms with E-state index in [9.17, 15) is 9.59 Å². The van der Waals surface area contributed by atoms with E-state index in [0.29, 0.717) is 13.1 Å². The minimum absolute atomic E-state index is 0.0136. The van der Waals surface area contributed by atoms with Gasteiger partial charge in [0.1, 0.15) is 12.1 Å². The van der Waals surface area contributed by atoms with Gasteiger partial charge in [0, 0.05) is 13.1 Å². The van der Waals surface area contributed by atoms with Crippen LogP contribution in [0.5, 0.6) is 0 Å². The van der Waals surface area contributed by atoms with E-state index in [2.05, 4.69) is 17.4 Å². The molecule has 0 aliphatic carbocycles. The van der Waals surface area contributed by atoms with Crippen molar-refractivity contribution in [1.82, 2.24) is 4.90 Å². The summed E-state index contributed by atoms with van der Waals surface area (Å²) in [6.45, 7) is 5.07. The largest absolute Gasteiger partial charge is 0.370 e. The van der Waals surface area contributed by atoms with Gasteiger partial charge in [-0.05, 0) is 43.5 Å². The van der Waals surface area contributed by atoms with Crippen LogP contribution in [-0.4, -0.2) is 35.3 Å². The Morgan fingerprint density at radius 1 is 1.08 bits per heavy atom. The third kappa shape index (κ3) is 2.83. The Kier molecular flexibility index (Phi) is 3.94. The molecule has 0 spiro atoms. The molecule has 2 amide bonds. The van der Waals surface area contributed by atoms with Gasteiger partial charge in [0.25, 0.3) is 5.91 Å². The van der Waals surface area contributed by atoms with Gasteiger partial charge >= 0.3 is 0 Å². The Bertz CT molecular complexity index is 875. The molecule has 0 unspecified atom stereocenters. The number of carbonyl (C=O) groups is 2. The molecule has 0 aromatic heterocycles. The maximum atomic E-state index is 13.0. The molecule has 0 atom stereocenters. The number of para-hydroxylation sites is 2. The van der Waals surface area contributed by atoms with E-state index in [4.69, 9.17) is 0 Å². The Morgan fingerprint density at radius 2 is 1.77 bits per heavy atom. The van der Waals surface area contributed by atoms with Crippen molar-refractivity contribution in [2.75, 3.05) is 23.3 Å². The summed E-state index contributed by atoms with van der Waals surface area (Å²) in [7, 11) is 0. The summed E-state index contributed by atoms with van der Waals surface area (Å²) in [6, 6.07) is 15.9. The minimum Gasteiger partial charge on any atom is -0.370 e. The zero-order valence-corrected chi connectivity index (χ0v) is 15.2. The smallest absolute Gasteiger partial charge is 0.252 e. The summed E-state index contributed by atoms with van der Waals surface area (Å²) >= 11 is 0. The van der Waals surface area contributed by atoms with Gasteiger partial charge in [-0.25, -0.2) is 0 Å². The lowest BCUT2D eigenvalue weighted by atomic mass is 9.97. The van der Waals surface area contributed by atoms with E-state index in [-0.39, 0.29) is 18.4 Å². The summed E-state index contributed by atoms with van der Waals surface area (Å²) in [5, 5.41) is 3.27. The molecule has 5 nitrogen and oxygen atoms in total. The molecule has 0 saturated carbocycles. The fourth-order valence-corrected chi connectivity index (χ4v) is 3.75. The van der Waals surface area contributed by atoms with Gasteiger partial charge in [0.15, 0.2) is 0 Å². The van der Waals surface area contributed by atoms with Crippen molar-refractivity contribution >= 4 is 23.2 Å². The quantitative estimate of drug-likeness (QED) is 0.907. The zero-order valence-electron chi connectivity index (χ0n) is 15.2. The first-order valence-electron chi connectivity index (χ1n) is 8.99. The molecule has 2 aromatic carbocycles. The second kappa shape index (κ2) is 6.16. The topological polar surface area (TPSA) is 52.7 Å².